The third-order valence-electron chi connectivity index (χ3n) is 5.23. The Bertz CT molecular complexity index is 740. The van der Waals surface area contributed by atoms with Crippen molar-refractivity contribution in [1.29, 1.82) is 0 Å². The molecule has 1 fully saturated rings. The molecular formula is C19H25N5OS. The summed E-state index contributed by atoms with van der Waals surface area (Å²) in [6.45, 7) is 5.40. The topological polar surface area (TPSA) is 61.4 Å². The Morgan fingerprint density at radius 2 is 1.88 bits per heavy atom. The first kappa shape index (κ1) is 17.4. The number of thiophene rings is 1. The van der Waals surface area contributed by atoms with Gasteiger partial charge in [-0.05, 0) is 48.3 Å². The van der Waals surface area contributed by atoms with Crippen molar-refractivity contribution in [3.05, 3.63) is 39.8 Å². The number of aromatic nitrogens is 2. The summed E-state index contributed by atoms with van der Waals surface area (Å²) in [6.07, 6.45) is 8.23. The molecule has 0 atom stereocenters. The lowest BCUT2D eigenvalue weighted by atomic mass is 9.94. The lowest BCUT2D eigenvalue weighted by Gasteiger charge is -2.34. The van der Waals surface area contributed by atoms with Crippen molar-refractivity contribution in [2.75, 3.05) is 44.2 Å². The molecule has 0 spiro atoms. The molecule has 0 radical (unpaired) electrons. The van der Waals surface area contributed by atoms with Crippen LogP contribution in [0.25, 0.3) is 0 Å². The normalized spacial score (nSPS) is 17.8. The van der Waals surface area contributed by atoms with E-state index in [1.54, 1.807) is 23.7 Å². The number of carbonyl (C=O) groups excluding carboxylic acids is 1. The van der Waals surface area contributed by atoms with Gasteiger partial charge in [0.25, 0.3) is 5.91 Å². The molecule has 2 aromatic rings. The average Bonchev–Trinajstić information content (AvgIpc) is 3.13. The molecule has 26 heavy (non-hydrogen) atoms. The van der Waals surface area contributed by atoms with Gasteiger partial charge in [0.2, 0.25) is 5.95 Å². The number of rotatable bonds is 5. The van der Waals surface area contributed by atoms with E-state index in [1.807, 2.05) is 6.07 Å². The molecule has 138 valence electrons. The minimum absolute atomic E-state index is 0.106. The Morgan fingerprint density at radius 3 is 2.69 bits per heavy atom. The second kappa shape index (κ2) is 8.14. The Balaban J connectivity index is 1.22. The van der Waals surface area contributed by atoms with Crippen molar-refractivity contribution < 1.29 is 4.79 Å². The summed E-state index contributed by atoms with van der Waals surface area (Å²) in [5.41, 5.74) is 2.70. The Hall–Kier alpha value is -1.99. The molecule has 0 bridgehead atoms. The molecule has 4 rings (SSSR count). The van der Waals surface area contributed by atoms with Crippen LogP contribution in [-0.2, 0) is 12.8 Å². The number of fused-ring (bicyclic) bond motifs is 1. The minimum Gasteiger partial charge on any atom is -0.350 e. The predicted molar refractivity (Wildman–Crippen MR) is 104 cm³/mol. The third-order valence-corrected chi connectivity index (χ3v) is 6.30. The zero-order valence-corrected chi connectivity index (χ0v) is 15.8. The maximum Gasteiger partial charge on any atom is 0.261 e. The van der Waals surface area contributed by atoms with Gasteiger partial charge in [-0.1, -0.05) is 0 Å². The number of nitrogens with zero attached hydrogens (tertiary/aromatic N) is 4. The van der Waals surface area contributed by atoms with E-state index in [0.717, 1.165) is 56.4 Å². The van der Waals surface area contributed by atoms with Crippen LogP contribution in [0, 0.1) is 0 Å². The molecule has 1 aliphatic carbocycles. The molecule has 1 N–H and O–H groups in total. The van der Waals surface area contributed by atoms with Gasteiger partial charge >= 0.3 is 0 Å². The second-order valence-corrected chi connectivity index (χ2v) is 7.79. The number of hydrogen-bond acceptors (Lipinski definition) is 6. The Kier molecular flexibility index (Phi) is 5.45. The smallest absolute Gasteiger partial charge is 0.261 e. The Labute approximate surface area is 158 Å². The zero-order valence-electron chi connectivity index (χ0n) is 15.0. The van der Waals surface area contributed by atoms with Gasteiger partial charge in [-0.3, -0.25) is 9.69 Å². The Morgan fingerprint density at radius 1 is 1.12 bits per heavy atom. The maximum atomic E-state index is 12.5. The third kappa shape index (κ3) is 3.88. The molecule has 2 aromatic heterocycles. The van der Waals surface area contributed by atoms with Crippen LogP contribution >= 0.6 is 11.3 Å². The van der Waals surface area contributed by atoms with Gasteiger partial charge in [0.15, 0.2) is 0 Å². The van der Waals surface area contributed by atoms with Crippen LogP contribution in [0.15, 0.2) is 23.8 Å². The van der Waals surface area contributed by atoms with Gasteiger partial charge in [0.05, 0.1) is 4.88 Å². The van der Waals surface area contributed by atoms with Crippen LogP contribution in [0.3, 0.4) is 0 Å². The number of hydrogen-bond donors (Lipinski definition) is 1. The number of carbonyl (C=O) groups is 1. The standard InChI is InChI=1S/C19H25N5OS/c25-18(17-16-5-2-1-4-15(16)14-26-17)20-8-9-23-10-12-24(13-11-23)19-21-6-3-7-22-19/h3,6-7,14H,1-2,4-5,8-13H2,(H,20,25). The van der Waals surface area contributed by atoms with E-state index in [0.29, 0.717) is 6.54 Å². The van der Waals surface area contributed by atoms with Crippen LogP contribution in [-0.4, -0.2) is 60.0 Å². The highest BCUT2D eigenvalue weighted by Gasteiger charge is 2.21. The average molecular weight is 372 g/mol. The molecule has 7 heteroatoms. The first-order valence-corrected chi connectivity index (χ1v) is 10.3. The van der Waals surface area contributed by atoms with Crippen LogP contribution < -0.4 is 10.2 Å². The highest BCUT2D eigenvalue weighted by atomic mass is 32.1. The SMILES string of the molecule is O=C(NCCN1CCN(c2ncccn2)CC1)c1scc2c1CCCC2. The predicted octanol–water partition coefficient (Wildman–Crippen LogP) is 1.97. The summed E-state index contributed by atoms with van der Waals surface area (Å²) in [6, 6.07) is 1.84. The largest absolute Gasteiger partial charge is 0.350 e. The lowest BCUT2D eigenvalue weighted by Crippen LogP contribution is -2.49. The number of nitrogens with one attached hydrogen (secondary N) is 1. The minimum atomic E-state index is 0.106. The van der Waals surface area contributed by atoms with Crippen LogP contribution in [0.1, 0.15) is 33.6 Å². The molecule has 0 saturated carbocycles. The number of aryl methyl sites for hydroxylation is 1. The fraction of sp³-hybridized carbons (Fsp3) is 0.526. The van der Waals surface area contributed by atoms with Crippen molar-refractivity contribution in [2.24, 2.45) is 0 Å². The second-order valence-electron chi connectivity index (χ2n) is 6.91. The first-order chi connectivity index (χ1) is 12.8. The van der Waals surface area contributed by atoms with E-state index in [2.05, 4.69) is 30.5 Å². The zero-order chi connectivity index (χ0) is 17.8. The highest BCUT2D eigenvalue weighted by Crippen LogP contribution is 2.29. The number of anilines is 1. The van der Waals surface area contributed by atoms with Crippen LogP contribution in [0.4, 0.5) is 5.95 Å². The molecular weight excluding hydrogens is 346 g/mol. The summed E-state index contributed by atoms with van der Waals surface area (Å²) in [5, 5.41) is 5.29. The van der Waals surface area contributed by atoms with Gasteiger partial charge in [-0.2, -0.15) is 0 Å². The summed E-state index contributed by atoms with van der Waals surface area (Å²) < 4.78 is 0. The molecule has 0 aromatic carbocycles. The number of amides is 1. The lowest BCUT2D eigenvalue weighted by molar-refractivity contribution is 0.0950. The van der Waals surface area contributed by atoms with E-state index < -0.39 is 0 Å². The van der Waals surface area contributed by atoms with Crippen LogP contribution in [0.2, 0.25) is 0 Å². The summed E-state index contributed by atoms with van der Waals surface area (Å²) in [7, 11) is 0. The molecule has 2 aliphatic rings. The summed E-state index contributed by atoms with van der Waals surface area (Å²) in [4.78, 5) is 26.7. The van der Waals surface area contributed by atoms with E-state index in [9.17, 15) is 4.79 Å². The monoisotopic (exact) mass is 371 g/mol. The summed E-state index contributed by atoms with van der Waals surface area (Å²) >= 11 is 1.61. The van der Waals surface area contributed by atoms with Crippen molar-refractivity contribution in [2.45, 2.75) is 25.7 Å². The molecule has 0 unspecified atom stereocenters. The maximum absolute atomic E-state index is 12.5. The summed E-state index contributed by atoms with van der Waals surface area (Å²) in [5.74, 6) is 0.914. The van der Waals surface area contributed by atoms with Gasteiger partial charge in [-0.15, -0.1) is 11.3 Å². The van der Waals surface area contributed by atoms with Crippen molar-refractivity contribution in [1.82, 2.24) is 20.2 Å². The molecule has 1 aliphatic heterocycles. The molecule has 1 amide bonds. The molecule has 3 heterocycles. The van der Waals surface area contributed by atoms with Gasteiger partial charge < -0.3 is 10.2 Å². The van der Waals surface area contributed by atoms with Gasteiger partial charge in [0.1, 0.15) is 0 Å². The van der Waals surface area contributed by atoms with Gasteiger partial charge in [0, 0.05) is 51.7 Å². The van der Waals surface area contributed by atoms with Crippen molar-refractivity contribution >= 4 is 23.2 Å². The van der Waals surface area contributed by atoms with Crippen molar-refractivity contribution in [3.8, 4) is 0 Å². The van der Waals surface area contributed by atoms with Gasteiger partial charge in [-0.25, -0.2) is 9.97 Å². The highest BCUT2D eigenvalue weighted by molar-refractivity contribution is 7.12. The number of piperazine rings is 1. The van der Waals surface area contributed by atoms with Crippen molar-refractivity contribution in [3.63, 3.8) is 0 Å². The van der Waals surface area contributed by atoms with E-state index >= 15 is 0 Å². The molecule has 6 nitrogen and oxygen atoms in total. The quantitative estimate of drug-likeness (QED) is 0.871. The fourth-order valence-corrected chi connectivity index (χ4v) is 4.82. The van der Waals surface area contributed by atoms with E-state index in [1.165, 1.54) is 24.0 Å². The molecule has 1 saturated heterocycles. The van der Waals surface area contributed by atoms with E-state index in [-0.39, 0.29) is 5.91 Å². The van der Waals surface area contributed by atoms with Crippen LogP contribution in [0.5, 0.6) is 0 Å². The fourth-order valence-electron chi connectivity index (χ4n) is 3.74. The van der Waals surface area contributed by atoms with E-state index in [4.69, 9.17) is 0 Å². The first-order valence-electron chi connectivity index (χ1n) is 9.43.